The quantitative estimate of drug-likeness (QED) is 0.660. The number of methoxy groups -OCH3 is 1. The Bertz CT molecular complexity index is 536. The van der Waals surface area contributed by atoms with Gasteiger partial charge in [-0.05, 0) is 38.9 Å². The number of nitrogens with one attached hydrogen (secondary N) is 1. The average molecular weight is 295 g/mol. The van der Waals surface area contributed by atoms with Gasteiger partial charge >= 0.3 is 5.97 Å². The van der Waals surface area contributed by atoms with Crippen molar-refractivity contribution < 1.29 is 13.9 Å². The number of benzene rings is 1. The van der Waals surface area contributed by atoms with Crippen molar-refractivity contribution in [3.63, 3.8) is 0 Å². The highest BCUT2D eigenvalue weighted by Gasteiger charge is 2.24. The third-order valence-electron chi connectivity index (χ3n) is 4.11. The van der Waals surface area contributed by atoms with Gasteiger partial charge < -0.3 is 20.7 Å². The normalized spacial score (nSPS) is 22.9. The topological polar surface area (TPSA) is 67.6 Å². The smallest absolute Gasteiger partial charge is 0.340 e. The van der Waals surface area contributed by atoms with Crippen molar-refractivity contribution in [2.24, 2.45) is 0 Å². The summed E-state index contributed by atoms with van der Waals surface area (Å²) in [6.45, 7) is 3.10. The average Bonchev–Trinajstić information content (AvgIpc) is 2.45. The number of esters is 1. The van der Waals surface area contributed by atoms with Crippen LogP contribution in [-0.4, -0.2) is 43.7 Å². The Labute approximate surface area is 124 Å². The number of carbonyl (C=O) groups is 1. The lowest BCUT2D eigenvalue weighted by molar-refractivity contribution is 0.0602. The van der Waals surface area contributed by atoms with Gasteiger partial charge in [0.05, 0.1) is 18.4 Å². The van der Waals surface area contributed by atoms with Crippen LogP contribution in [-0.2, 0) is 4.74 Å². The van der Waals surface area contributed by atoms with E-state index >= 15 is 0 Å². The molecule has 0 saturated carbocycles. The molecular weight excluding hydrogens is 273 g/mol. The van der Waals surface area contributed by atoms with Gasteiger partial charge in [0, 0.05) is 24.3 Å². The molecule has 0 radical (unpaired) electrons. The molecule has 1 fully saturated rings. The van der Waals surface area contributed by atoms with Crippen LogP contribution in [0.5, 0.6) is 0 Å². The van der Waals surface area contributed by atoms with Gasteiger partial charge in [-0.25, -0.2) is 9.18 Å². The molecule has 0 bridgehead atoms. The number of piperidine rings is 1. The van der Waals surface area contributed by atoms with Crippen LogP contribution in [0.25, 0.3) is 0 Å². The summed E-state index contributed by atoms with van der Waals surface area (Å²) in [6, 6.07) is 3.21. The van der Waals surface area contributed by atoms with E-state index in [9.17, 15) is 9.18 Å². The maximum absolute atomic E-state index is 14.0. The van der Waals surface area contributed by atoms with Gasteiger partial charge in [-0.1, -0.05) is 0 Å². The van der Waals surface area contributed by atoms with Gasteiger partial charge in [0.2, 0.25) is 0 Å². The molecular formula is C15H22FN3O2. The second-order valence-electron chi connectivity index (χ2n) is 5.61. The van der Waals surface area contributed by atoms with Crippen LogP contribution in [0.15, 0.2) is 12.1 Å². The molecule has 21 heavy (non-hydrogen) atoms. The summed E-state index contributed by atoms with van der Waals surface area (Å²) in [4.78, 5) is 13.9. The van der Waals surface area contributed by atoms with Crippen LogP contribution in [0.1, 0.15) is 30.1 Å². The predicted octanol–water partition coefficient (Wildman–Crippen LogP) is 2.09. The Morgan fingerprint density at radius 1 is 1.52 bits per heavy atom. The molecule has 1 heterocycles. The number of rotatable bonds is 3. The fourth-order valence-electron chi connectivity index (χ4n) is 2.63. The molecule has 1 aromatic carbocycles. The third kappa shape index (κ3) is 3.44. The maximum atomic E-state index is 14.0. The minimum Gasteiger partial charge on any atom is -0.465 e. The van der Waals surface area contributed by atoms with Crippen molar-refractivity contribution >= 4 is 17.3 Å². The molecule has 5 nitrogen and oxygen atoms in total. The first-order valence-electron chi connectivity index (χ1n) is 7.06. The Hall–Kier alpha value is -1.82. The first kappa shape index (κ1) is 15.6. The van der Waals surface area contributed by atoms with E-state index in [1.165, 1.54) is 13.2 Å². The van der Waals surface area contributed by atoms with E-state index in [0.717, 1.165) is 25.5 Å². The lowest BCUT2D eigenvalue weighted by Gasteiger charge is -2.35. The molecule has 0 spiro atoms. The molecule has 1 aromatic rings. The van der Waals surface area contributed by atoms with Gasteiger partial charge in [0.25, 0.3) is 0 Å². The number of ether oxygens (including phenoxy) is 1. The van der Waals surface area contributed by atoms with E-state index in [1.807, 2.05) is 0 Å². The molecule has 6 heteroatoms. The van der Waals surface area contributed by atoms with E-state index in [0.29, 0.717) is 11.7 Å². The minimum absolute atomic E-state index is 0.0849. The second kappa shape index (κ2) is 6.30. The highest BCUT2D eigenvalue weighted by Crippen LogP contribution is 2.26. The summed E-state index contributed by atoms with van der Waals surface area (Å²) in [5.74, 6) is -1.01. The van der Waals surface area contributed by atoms with E-state index in [2.05, 4.69) is 28.9 Å². The summed E-state index contributed by atoms with van der Waals surface area (Å²) in [6.07, 6.45) is 1.85. The first-order chi connectivity index (χ1) is 9.92. The van der Waals surface area contributed by atoms with E-state index in [4.69, 9.17) is 5.73 Å². The fraction of sp³-hybridized carbons (Fsp3) is 0.533. The van der Waals surface area contributed by atoms with Crippen molar-refractivity contribution in [2.45, 2.75) is 31.8 Å². The van der Waals surface area contributed by atoms with E-state index < -0.39 is 11.8 Å². The Morgan fingerprint density at radius 2 is 2.24 bits per heavy atom. The highest BCUT2D eigenvalue weighted by atomic mass is 19.1. The lowest BCUT2D eigenvalue weighted by Crippen LogP contribution is -2.42. The monoisotopic (exact) mass is 295 g/mol. The zero-order valence-electron chi connectivity index (χ0n) is 12.6. The molecule has 1 saturated heterocycles. The van der Waals surface area contributed by atoms with Crippen LogP contribution in [0.2, 0.25) is 0 Å². The molecule has 1 aliphatic heterocycles. The number of nitrogens with two attached hydrogens (primary N) is 1. The predicted molar refractivity (Wildman–Crippen MR) is 80.9 cm³/mol. The molecule has 0 amide bonds. The standard InChI is InChI=1S/C15H22FN3O2/c1-9-6-10(4-5-19(9)2)18-14-7-11(15(20)21-3)13(17)8-12(14)16/h7-10,18H,4-6,17H2,1-3H3. The van der Waals surface area contributed by atoms with Gasteiger partial charge in [-0.15, -0.1) is 0 Å². The lowest BCUT2D eigenvalue weighted by atomic mass is 9.98. The number of anilines is 2. The zero-order valence-corrected chi connectivity index (χ0v) is 12.6. The molecule has 2 unspecified atom stereocenters. The number of hydrogen-bond donors (Lipinski definition) is 2. The highest BCUT2D eigenvalue weighted by molar-refractivity contribution is 5.96. The molecule has 3 N–H and O–H groups in total. The third-order valence-corrected chi connectivity index (χ3v) is 4.11. The number of likely N-dealkylation sites (tertiary alicyclic amines) is 1. The van der Waals surface area contributed by atoms with E-state index in [1.54, 1.807) is 0 Å². The van der Waals surface area contributed by atoms with Crippen LogP contribution >= 0.6 is 0 Å². The SMILES string of the molecule is COC(=O)c1cc(NC2CCN(C)C(C)C2)c(F)cc1N. The summed E-state index contributed by atoms with van der Waals surface area (Å²) in [5, 5.41) is 3.18. The van der Waals surface area contributed by atoms with Crippen molar-refractivity contribution in [1.29, 1.82) is 0 Å². The van der Waals surface area contributed by atoms with Gasteiger partial charge in [0.1, 0.15) is 5.82 Å². The summed E-state index contributed by atoms with van der Waals surface area (Å²) < 4.78 is 18.7. The van der Waals surface area contributed by atoms with Crippen molar-refractivity contribution in [3.05, 3.63) is 23.5 Å². The number of carbonyl (C=O) groups excluding carboxylic acids is 1. The van der Waals surface area contributed by atoms with Crippen LogP contribution in [0, 0.1) is 5.82 Å². The minimum atomic E-state index is -0.563. The van der Waals surface area contributed by atoms with Crippen LogP contribution < -0.4 is 11.1 Å². The first-order valence-corrected chi connectivity index (χ1v) is 7.06. The molecule has 116 valence electrons. The van der Waals surface area contributed by atoms with Gasteiger partial charge in [-0.3, -0.25) is 0 Å². The summed E-state index contributed by atoms with van der Waals surface area (Å²) >= 11 is 0. The van der Waals surface area contributed by atoms with Gasteiger partial charge in [-0.2, -0.15) is 0 Å². The molecule has 0 aliphatic carbocycles. The van der Waals surface area contributed by atoms with Gasteiger partial charge in [0.15, 0.2) is 0 Å². The summed E-state index contributed by atoms with van der Waals surface area (Å²) in [5.41, 5.74) is 6.23. The Balaban J connectivity index is 2.18. The number of hydrogen-bond acceptors (Lipinski definition) is 5. The Kier molecular flexibility index (Phi) is 4.67. The molecule has 2 rings (SSSR count). The zero-order chi connectivity index (χ0) is 15.6. The molecule has 1 aliphatic rings. The Morgan fingerprint density at radius 3 is 2.86 bits per heavy atom. The van der Waals surface area contributed by atoms with Crippen molar-refractivity contribution in [2.75, 3.05) is 31.8 Å². The fourth-order valence-corrected chi connectivity index (χ4v) is 2.63. The second-order valence-corrected chi connectivity index (χ2v) is 5.61. The number of nitrogens with zero attached hydrogens (tertiary/aromatic N) is 1. The van der Waals surface area contributed by atoms with E-state index in [-0.39, 0.29) is 17.3 Å². The molecule has 0 aromatic heterocycles. The number of nitrogen functional groups attached to an aromatic ring is 1. The van der Waals surface area contributed by atoms with Crippen molar-refractivity contribution in [1.82, 2.24) is 4.90 Å². The summed E-state index contributed by atoms with van der Waals surface area (Å²) in [7, 11) is 3.36. The van der Waals surface area contributed by atoms with Crippen molar-refractivity contribution in [3.8, 4) is 0 Å². The maximum Gasteiger partial charge on any atom is 0.340 e. The van der Waals surface area contributed by atoms with Crippen LogP contribution in [0.3, 0.4) is 0 Å². The molecule has 2 atom stereocenters. The van der Waals surface area contributed by atoms with Crippen LogP contribution in [0.4, 0.5) is 15.8 Å². The number of halogens is 1. The largest absolute Gasteiger partial charge is 0.465 e.